The maximum absolute atomic E-state index is 11.9. The van der Waals surface area contributed by atoms with Crippen LogP contribution in [0.4, 0.5) is 4.79 Å². The van der Waals surface area contributed by atoms with Gasteiger partial charge in [-0.2, -0.15) is 0 Å². The van der Waals surface area contributed by atoms with Gasteiger partial charge in [-0.15, -0.1) is 24.0 Å². The highest BCUT2D eigenvalue weighted by Crippen LogP contribution is 2.12. The third-order valence-corrected chi connectivity index (χ3v) is 4.14. The Bertz CT molecular complexity index is 451. The van der Waals surface area contributed by atoms with E-state index in [9.17, 15) is 4.79 Å². The van der Waals surface area contributed by atoms with Gasteiger partial charge in [0.05, 0.1) is 12.6 Å². The van der Waals surface area contributed by atoms with E-state index in [4.69, 9.17) is 9.73 Å². The zero-order valence-corrected chi connectivity index (χ0v) is 19.8. The summed E-state index contributed by atoms with van der Waals surface area (Å²) in [5, 5.41) is 6.31. The number of likely N-dealkylation sites (tertiary alicyclic amines) is 1. The van der Waals surface area contributed by atoms with Gasteiger partial charge in [0, 0.05) is 32.2 Å². The second-order valence-electron chi connectivity index (χ2n) is 7.89. The Morgan fingerprint density at radius 1 is 1.38 bits per heavy atom. The van der Waals surface area contributed by atoms with Crippen LogP contribution in [0, 0.1) is 0 Å². The lowest BCUT2D eigenvalue weighted by atomic mass is 10.2. The van der Waals surface area contributed by atoms with Gasteiger partial charge in [-0.3, -0.25) is 4.99 Å². The highest BCUT2D eigenvalue weighted by atomic mass is 127. The van der Waals surface area contributed by atoms with E-state index in [0.29, 0.717) is 6.04 Å². The number of alkyl carbamates (subject to hydrolysis) is 1. The zero-order valence-electron chi connectivity index (χ0n) is 17.5. The first-order chi connectivity index (χ1) is 11.6. The van der Waals surface area contributed by atoms with Gasteiger partial charge in [0.25, 0.3) is 0 Å². The van der Waals surface area contributed by atoms with Crippen LogP contribution in [0.5, 0.6) is 0 Å². The van der Waals surface area contributed by atoms with Crippen molar-refractivity contribution >= 4 is 36.0 Å². The van der Waals surface area contributed by atoms with Crippen molar-refractivity contribution in [2.75, 3.05) is 39.8 Å². The van der Waals surface area contributed by atoms with Gasteiger partial charge in [0.15, 0.2) is 5.96 Å². The number of hydrogen-bond acceptors (Lipinski definition) is 4. The van der Waals surface area contributed by atoms with Crippen molar-refractivity contribution in [3.8, 4) is 0 Å². The van der Waals surface area contributed by atoms with E-state index in [0.717, 1.165) is 45.1 Å². The lowest BCUT2D eigenvalue weighted by Gasteiger charge is -2.24. The van der Waals surface area contributed by atoms with E-state index in [-0.39, 0.29) is 36.1 Å². The summed E-state index contributed by atoms with van der Waals surface area (Å²) in [7, 11) is 2.11. The van der Waals surface area contributed by atoms with E-state index in [2.05, 4.69) is 48.3 Å². The summed E-state index contributed by atoms with van der Waals surface area (Å²) in [5.74, 6) is 0.924. The van der Waals surface area contributed by atoms with E-state index >= 15 is 0 Å². The molecule has 0 bridgehead atoms. The van der Waals surface area contributed by atoms with Gasteiger partial charge in [0.1, 0.15) is 5.60 Å². The van der Waals surface area contributed by atoms with E-state index < -0.39 is 5.60 Å². The van der Waals surface area contributed by atoms with Crippen LogP contribution < -0.4 is 10.6 Å². The molecule has 0 radical (unpaired) electrons. The molecule has 0 saturated carbocycles. The van der Waals surface area contributed by atoms with Crippen molar-refractivity contribution < 1.29 is 9.53 Å². The summed E-state index contributed by atoms with van der Waals surface area (Å²) in [6.07, 6.45) is 0.551. The molecule has 2 N–H and O–H groups in total. The molecule has 1 rings (SSSR count). The fourth-order valence-corrected chi connectivity index (χ4v) is 2.54. The number of nitrogens with one attached hydrogen (secondary N) is 2. The van der Waals surface area contributed by atoms with Gasteiger partial charge >= 0.3 is 6.09 Å². The molecular weight excluding hydrogens is 445 g/mol. The predicted octanol–water partition coefficient (Wildman–Crippen LogP) is 2.51. The highest BCUT2D eigenvalue weighted by Gasteiger charge is 2.27. The monoisotopic (exact) mass is 483 g/mol. The fourth-order valence-electron chi connectivity index (χ4n) is 2.54. The quantitative estimate of drug-likeness (QED) is 0.345. The lowest BCUT2D eigenvalue weighted by Crippen LogP contribution is -2.44. The van der Waals surface area contributed by atoms with Crippen molar-refractivity contribution in [1.29, 1.82) is 0 Å². The number of carbonyl (C=O) groups is 1. The first-order valence-corrected chi connectivity index (χ1v) is 9.35. The molecule has 0 aromatic carbocycles. The van der Waals surface area contributed by atoms with E-state index in [1.807, 2.05) is 20.8 Å². The van der Waals surface area contributed by atoms with Crippen LogP contribution in [-0.2, 0) is 4.74 Å². The molecule has 1 saturated heterocycles. The smallest absolute Gasteiger partial charge is 0.407 e. The number of guanidine groups is 1. The SMILES string of the molecule is CCNC(=NCCN(C)C(C)C)N1CC[C@@H](NC(=O)OC(C)(C)C)C1.I. The van der Waals surface area contributed by atoms with Crippen LogP contribution in [0.3, 0.4) is 0 Å². The molecule has 1 amide bonds. The molecule has 8 heteroatoms. The Morgan fingerprint density at radius 3 is 2.58 bits per heavy atom. The van der Waals surface area contributed by atoms with Crippen LogP contribution in [0.15, 0.2) is 4.99 Å². The van der Waals surface area contributed by atoms with Crippen LogP contribution in [0.2, 0.25) is 0 Å². The van der Waals surface area contributed by atoms with Gasteiger partial charge < -0.3 is 25.2 Å². The second kappa shape index (κ2) is 11.8. The summed E-state index contributed by atoms with van der Waals surface area (Å²) in [4.78, 5) is 21.2. The first-order valence-electron chi connectivity index (χ1n) is 9.35. The summed E-state index contributed by atoms with van der Waals surface area (Å²) in [6, 6.07) is 0.615. The van der Waals surface area contributed by atoms with Crippen molar-refractivity contribution in [2.45, 2.75) is 65.6 Å². The number of aliphatic imine (C=N–C) groups is 1. The van der Waals surface area contributed by atoms with Gasteiger partial charge in [-0.05, 0) is 55.0 Å². The van der Waals surface area contributed by atoms with Crippen molar-refractivity contribution in [1.82, 2.24) is 20.4 Å². The Morgan fingerprint density at radius 2 is 2.04 bits per heavy atom. The topological polar surface area (TPSA) is 69.2 Å². The van der Waals surface area contributed by atoms with Gasteiger partial charge in [0.2, 0.25) is 0 Å². The first kappa shape index (κ1) is 25.2. The fraction of sp³-hybridized carbons (Fsp3) is 0.889. The molecule has 0 spiro atoms. The molecule has 7 nitrogen and oxygen atoms in total. The molecule has 0 aliphatic carbocycles. The van der Waals surface area contributed by atoms with E-state index in [1.165, 1.54) is 0 Å². The summed E-state index contributed by atoms with van der Waals surface area (Å²) < 4.78 is 5.34. The van der Waals surface area contributed by atoms with Crippen molar-refractivity contribution in [2.24, 2.45) is 4.99 Å². The maximum Gasteiger partial charge on any atom is 0.407 e. The number of halogens is 1. The van der Waals surface area contributed by atoms with Gasteiger partial charge in [-0.1, -0.05) is 0 Å². The molecule has 1 aliphatic rings. The Hall–Kier alpha value is -0.770. The minimum absolute atomic E-state index is 0. The maximum atomic E-state index is 11.9. The van der Waals surface area contributed by atoms with Gasteiger partial charge in [-0.25, -0.2) is 4.79 Å². The third kappa shape index (κ3) is 9.80. The van der Waals surface area contributed by atoms with Crippen LogP contribution in [0.25, 0.3) is 0 Å². The third-order valence-electron chi connectivity index (χ3n) is 4.14. The molecule has 0 aromatic rings. The summed E-state index contributed by atoms with van der Waals surface area (Å²) in [6.45, 7) is 16.2. The average molecular weight is 483 g/mol. The van der Waals surface area contributed by atoms with Crippen molar-refractivity contribution in [3.63, 3.8) is 0 Å². The summed E-state index contributed by atoms with van der Waals surface area (Å²) >= 11 is 0. The Labute approximate surface area is 176 Å². The minimum Gasteiger partial charge on any atom is -0.444 e. The molecule has 154 valence electrons. The largest absolute Gasteiger partial charge is 0.444 e. The van der Waals surface area contributed by atoms with Crippen LogP contribution >= 0.6 is 24.0 Å². The Balaban J connectivity index is 0.00000625. The standard InChI is InChI=1S/C18H37N5O2.HI/c1-8-19-16(20-10-12-22(7)14(2)3)23-11-9-15(13-23)21-17(24)25-18(4,5)6;/h14-15H,8-13H2,1-7H3,(H,19,20)(H,21,24);1H/t15-;/m1./s1. The number of likely N-dealkylation sites (N-methyl/N-ethyl adjacent to an activating group) is 1. The minimum atomic E-state index is -0.471. The average Bonchev–Trinajstić information content (AvgIpc) is 2.92. The molecular formula is C18H38IN5O2. The lowest BCUT2D eigenvalue weighted by molar-refractivity contribution is 0.0507. The molecule has 26 heavy (non-hydrogen) atoms. The molecule has 1 heterocycles. The van der Waals surface area contributed by atoms with E-state index in [1.54, 1.807) is 0 Å². The molecule has 1 aliphatic heterocycles. The van der Waals surface area contributed by atoms with Crippen LogP contribution in [-0.4, -0.2) is 79.3 Å². The Kier molecular flexibility index (Phi) is 11.5. The van der Waals surface area contributed by atoms with Crippen molar-refractivity contribution in [3.05, 3.63) is 0 Å². The number of rotatable bonds is 6. The molecule has 0 unspecified atom stereocenters. The zero-order chi connectivity index (χ0) is 19.0. The second-order valence-corrected chi connectivity index (χ2v) is 7.89. The normalized spacial score (nSPS) is 18.1. The highest BCUT2D eigenvalue weighted by molar-refractivity contribution is 14.0. The number of hydrogen-bond donors (Lipinski definition) is 2. The molecule has 0 aromatic heterocycles. The number of ether oxygens (including phenoxy) is 1. The number of amides is 1. The summed E-state index contributed by atoms with van der Waals surface area (Å²) in [5.41, 5.74) is -0.471. The predicted molar refractivity (Wildman–Crippen MR) is 119 cm³/mol. The number of nitrogens with zero attached hydrogens (tertiary/aromatic N) is 3. The molecule has 1 atom stereocenters. The number of carbonyl (C=O) groups excluding carboxylic acids is 1. The van der Waals surface area contributed by atoms with Crippen LogP contribution in [0.1, 0.15) is 48.0 Å². The molecule has 1 fully saturated rings.